The van der Waals surface area contributed by atoms with Crippen LogP contribution in [-0.4, -0.2) is 17.0 Å². The lowest BCUT2D eigenvalue weighted by Gasteiger charge is -2.31. The summed E-state index contributed by atoms with van der Waals surface area (Å²) in [5.74, 6) is -4.44. The summed E-state index contributed by atoms with van der Waals surface area (Å²) < 4.78 is 26.0. The van der Waals surface area contributed by atoms with Gasteiger partial charge >= 0.3 is 11.9 Å². The number of hydrogen-bond acceptors (Lipinski definition) is 1. The van der Waals surface area contributed by atoms with E-state index >= 15 is 0 Å². The average molecular weight is 234 g/mol. The number of carboxylic acids is 1. The van der Waals surface area contributed by atoms with E-state index in [-0.39, 0.29) is 5.92 Å². The van der Waals surface area contributed by atoms with E-state index in [9.17, 15) is 13.6 Å². The van der Waals surface area contributed by atoms with Gasteiger partial charge in [0.15, 0.2) is 0 Å². The lowest BCUT2D eigenvalue weighted by atomic mass is 9.75. The van der Waals surface area contributed by atoms with Gasteiger partial charge in [0.1, 0.15) is 0 Å². The standard InChI is InChI=1S/C12H20F2O2/c1-8(2)10-5-3-9(4-6-10)7-12(13,14)11(15)16/h8-10H,3-7H2,1-2H3,(H,15,16). The number of rotatable bonds is 4. The molecule has 0 saturated heterocycles. The van der Waals surface area contributed by atoms with Crippen molar-refractivity contribution in [2.24, 2.45) is 17.8 Å². The van der Waals surface area contributed by atoms with E-state index in [4.69, 9.17) is 5.11 Å². The normalized spacial score (nSPS) is 27.1. The quantitative estimate of drug-likeness (QED) is 0.807. The Kier molecular flexibility index (Phi) is 4.28. The number of aliphatic carboxylic acids is 1. The molecule has 1 rings (SSSR count). The van der Waals surface area contributed by atoms with E-state index in [2.05, 4.69) is 13.8 Å². The van der Waals surface area contributed by atoms with Crippen LogP contribution in [0.15, 0.2) is 0 Å². The molecule has 0 amide bonds. The van der Waals surface area contributed by atoms with Gasteiger partial charge in [-0.15, -0.1) is 0 Å². The summed E-state index contributed by atoms with van der Waals surface area (Å²) in [6, 6.07) is 0. The molecule has 0 aromatic rings. The minimum atomic E-state index is -3.55. The highest BCUT2D eigenvalue weighted by molar-refractivity contribution is 5.75. The SMILES string of the molecule is CC(C)C1CCC(CC(F)(F)C(=O)O)CC1. The van der Waals surface area contributed by atoms with Crippen molar-refractivity contribution in [3.8, 4) is 0 Å². The molecule has 94 valence electrons. The Bertz CT molecular complexity index is 243. The first-order chi connectivity index (χ1) is 7.33. The zero-order valence-corrected chi connectivity index (χ0v) is 9.88. The van der Waals surface area contributed by atoms with Gasteiger partial charge in [-0.25, -0.2) is 4.79 Å². The summed E-state index contributed by atoms with van der Waals surface area (Å²) in [4.78, 5) is 10.3. The molecule has 4 heteroatoms. The van der Waals surface area contributed by atoms with E-state index in [1.807, 2.05) is 0 Å². The van der Waals surface area contributed by atoms with Crippen molar-refractivity contribution in [1.29, 1.82) is 0 Å². The molecule has 16 heavy (non-hydrogen) atoms. The smallest absolute Gasteiger partial charge is 0.374 e. The van der Waals surface area contributed by atoms with Crippen LogP contribution in [0.3, 0.4) is 0 Å². The molecule has 0 spiro atoms. The predicted molar refractivity (Wildman–Crippen MR) is 57.5 cm³/mol. The summed E-state index contributed by atoms with van der Waals surface area (Å²) in [6.45, 7) is 4.30. The third kappa shape index (κ3) is 3.42. The fourth-order valence-corrected chi connectivity index (χ4v) is 2.51. The second kappa shape index (κ2) is 5.11. The first kappa shape index (κ1) is 13.4. The van der Waals surface area contributed by atoms with Gasteiger partial charge in [-0.05, 0) is 43.4 Å². The van der Waals surface area contributed by atoms with Gasteiger partial charge in [-0.1, -0.05) is 13.8 Å². The second-order valence-corrected chi connectivity index (χ2v) is 5.24. The zero-order chi connectivity index (χ0) is 12.3. The second-order valence-electron chi connectivity index (χ2n) is 5.24. The maximum atomic E-state index is 13.0. The predicted octanol–water partition coefficient (Wildman–Crippen LogP) is 3.56. The molecule has 0 aliphatic heterocycles. The Morgan fingerprint density at radius 3 is 2.19 bits per heavy atom. The fraction of sp³-hybridized carbons (Fsp3) is 0.917. The van der Waals surface area contributed by atoms with Crippen LogP contribution >= 0.6 is 0 Å². The molecule has 1 saturated carbocycles. The molecule has 1 aliphatic rings. The lowest BCUT2D eigenvalue weighted by molar-refractivity contribution is -0.167. The van der Waals surface area contributed by atoms with E-state index in [0.717, 1.165) is 25.7 Å². The fourth-order valence-electron chi connectivity index (χ4n) is 2.51. The Labute approximate surface area is 95.0 Å². The van der Waals surface area contributed by atoms with Crippen LogP contribution < -0.4 is 0 Å². The number of alkyl halides is 2. The first-order valence-electron chi connectivity index (χ1n) is 5.94. The molecule has 1 N–H and O–H groups in total. The molecular formula is C12H20F2O2. The molecule has 0 radical (unpaired) electrons. The maximum absolute atomic E-state index is 13.0. The van der Waals surface area contributed by atoms with E-state index in [1.54, 1.807) is 0 Å². The summed E-state index contributed by atoms with van der Waals surface area (Å²) in [7, 11) is 0. The topological polar surface area (TPSA) is 37.3 Å². The monoisotopic (exact) mass is 234 g/mol. The average Bonchev–Trinajstić information content (AvgIpc) is 2.17. The van der Waals surface area contributed by atoms with Crippen LogP contribution in [0.2, 0.25) is 0 Å². The van der Waals surface area contributed by atoms with Gasteiger partial charge in [0.2, 0.25) is 0 Å². The van der Waals surface area contributed by atoms with Crippen LogP contribution in [-0.2, 0) is 4.79 Å². The van der Waals surface area contributed by atoms with E-state index in [0.29, 0.717) is 11.8 Å². The van der Waals surface area contributed by atoms with Gasteiger partial charge in [-0.3, -0.25) is 0 Å². The van der Waals surface area contributed by atoms with E-state index < -0.39 is 18.3 Å². The van der Waals surface area contributed by atoms with Crippen molar-refractivity contribution in [1.82, 2.24) is 0 Å². The molecule has 0 bridgehead atoms. The summed E-state index contributed by atoms with van der Waals surface area (Å²) in [6.07, 6.45) is 2.90. The molecule has 0 aromatic heterocycles. The van der Waals surface area contributed by atoms with Crippen LogP contribution in [0.25, 0.3) is 0 Å². The third-order valence-electron chi connectivity index (χ3n) is 3.69. The molecule has 2 nitrogen and oxygen atoms in total. The molecule has 1 fully saturated rings. The Morgan fingerprint density at radius 2 is 1.81 bits per heavy atom. The van der Waals surface area contributed by atoms with Crippen molar-refractivity contribution >= 4 is 5.97 Å². The van der Waals surface area contributed by atoms with Crippen LogP contribution in [0.1, 0.15) is 46.0 Å². The van der Waals surface area contributed by atoms with Crippen LogP contribution in [0, 0.1) is 17.8 Å². The Hall–Kier alpha value is -0.670. The van der Waals surface area contributed by atoms with Crippen molar-refractivity contribution in [3.05, 3.63) is 0 Å². The van der Waals surface area contributed by atoms with Crippen molar-refractivity contribution in [2.75, 3.05) is 0 Å². The number of halogens is 2. The number of hydrogen-bond donors (Lipinski definition) is 1. The van der Waals surface area contributed by atoms with Gasteiger partial charge < -0.3 is 5.11 Å². The molecule has 0 unspecified atom stereocenters. The van der Waals surface area contributed by atoms with Gasteiger partial charge in [0.05, 0.1) is 0 Å². The third-order valence-corrected chi connectivity index (χ3v) is 3.69. The summed E-state index contributed by atoms with van der Waals surface area (Å²) >= 11 is 0. The molecule has 0 atom stereocenters. The zero-order valence-electron chi connectivity index (χ0n) is 9.88. The molecular weight excluding hydrogens is 214 g/mol. The minimum Gasteiger partial charge on any atom is -0.477 e. The van der Waals surface area contributed by atoms with Gasteiger partial charge in [0.25, 0.3) is 0 Å². The highest BCUT2D eigenvalue weighted by atomic mass is 19.3. The minimum absolute atomic E-state index is 0.124. The highest BCUT2D eigenvalue weighted by Gasteiger charge is 2.41. The van der Waals surface area contributed by atoms with Crippen molar-refractivity contribution in [3.63, 3.8) is 0 Å². The molecule has 0 heterocycles. The number of carboxylic acid groups (broad SMARTS) is 1. The maximum Gasteiger partial charge on any atom is 0.374 e. The summed E-state index contributed by atoms with van der Waals surface area (Å²) in [5.41, 5.74) is 0. The largest absolute Gasteiger partial charge is 0.477 e. The Morgan fingerprint density at radius 1 is 1.31 bits per heavy atom. The Balaban J connectivity index is 2.40. The van der Waals surface area contributed by atoms with Gasteiger partial charge in [0, 0.05) is 6.42 Å². The molecule has 0 aromatic carbocycles. The van der Waals surface area contributed by atoms with E-state index in [1.165, 1.54) is 0 Å². The molecule has 1 aliphatic carbocycles. The highest BCUT2D eigenvalue weighted by Crippen LogP contribution is 2.38. The van der Waals surface area contributed by atoms with Crippen LogP contribution in [0.5, 0.6) is 0 Å². The van der Waals surface area contributed by atoms with Crippen LogP contribution in [0.4, 0.5) is 8.78 Å². The summed E-state index contributed by atoms with van der Waals surface area (Å²) in [5, 5.41) is 8.36. The van der Waals surface area contributed by atoms with Crippen molar-refractivity contribution < 1.29 is 18.7 Å². The lowest BCUT2D eigenvalue weighted by Crippen LogP contribution is -2.32. The number of carbonyl (C=O) groups is 1. The van der Waals surface area contributed by atoms with Gasteiger partial charge in [-0.2, -0.15) is 8.78 Å². The van der Waals surface area contributed by atoms with Crippen molar-refractivity contribution in [2.45, 2.75) is 51.9 Å². The first-order valence-corrected chi connectivity index (χ1v) is 5.94.